The van der Waals surface area contributed by atoms with Gasteiger partial charge >= 0.3 is 6.03 Å². The molecule has 150 valence electrons. The molecule has 2 aromatic rings. The summed E-state index contributed by atoms with van der Waals surface area (Å²) in [6.45, 7) is 4.15. The van der Waals surface area contributed by atoms with E-state index >= 15 is 0 Å². The number of anilines is 1. The second kappa shape index (κ2) is 8.48. The van der Waals surface area contributed by atoms with Crippen molar-refractivity contribution in [2.45, 2.75) is 13.8 Å². The van der Waals surface area contributed by atoms with Gasteiger partial charge in [-0.2, -0.15) is 0 Å². The molecule has 29 heavy (non-hydrogen) atoms. The van der Waals surface area contributed by atoms with E-state index < -0.39 is 17.8 Å². The number of urea groups is 1. The lowest BCUT2D eigenvalue weighted by Crippen LogP contribution is -2.54. The molecular formula is C21H19BrN2O5. The first-order valence-electron chi connectivity index (χ1n) is 8.84. The van der Waals surface area contributed by atoms with E-state index in [-0.39, 0.29) is 5.57 Å². The number of amides is 4. The Morgan fingerprint density at radius 2 is 1.93 bits per heavy atom. The highest BCUT2D eigenvalue weighted by atomic mass is 79.9. The predicted octanol–water partition coefficient (Wildman–Crippen LogP) is 3.83. The maximum Gasteiger partial charge on any atom is 0.335 e. The molecule has 0 saturated carbocycles. The summed E-state index contributed by atoms with van der Waals surface area (Å²) in [6, 6.07) is 9.48. The summed E-state index contributed by atoms with van der Waals surface area (Å²) in [5.74, 6) is -0.488. The summed E-state index contributed by atoms with van der Waals surface area (Å²) in [4.78, 5) is 38.6. The molecule has 7 nitrogen and oxygen atoms in total. The molecular weight excluding hydrogens is 440 g/mol. The van der Waals surface area contributed by atoms with Gasteiger partial charge in [-0.3, -0.25) is 14.9 Å². The van der Waals surface area contributed by atoms with Gasteiger partial charge < -0.3 is 9.47 Å². The van der Waals surface area contributed by atoms with Gasteiger partial charge in [0.2, 0.25) is 0 Å². The molecule has 0 spiro atoms. The Morgan fingerprint density at radius 3 is 2.59 bits per heavy atom. The molecule has 4 amide bonds. The molecule has 3 rings (SSSR count). The standard InChI is InChI=1S/C21H19BrN2O5/c1-4-29-18-16(22)10-13(11-17(18)28-3)9-15-19(25)23-21(27)24(20(15)26)14-7-5-6-12(2)8-14/h5-11H,4H2,1-3H3,(H,23,25,27). The van der Waals surface area contributed by atoms with Crippen LogP contribution in [0.25, 0.3) is 6.08 Å². The second-order valence-electron chi connectivity index (χ2n) is 6.26. The minimum absolute atomic E-state index is 0.163. The maximum absolute atomic E-state index is 13.0. The van der Waals surface area contributed by atoms with Gasteiger partial charge in [-0.15, -0.1) is 0 Å². The fourth-order valence-electron chi connectivity index (χ4n) is 2.93. The fraction of sp³-hybridized carbons (Fsp3) is 0.190. The average molecular weight is 459 g/mol. The zero-order valence-corrected chi connectivity index (χ0v) is 17.7. The van der Waals surface area contributed by atoms with Crippen LogP contribution in [0.2, 0.25) is 0 Å². The van der Waals surface area contributed by atoms with Crippen LogP contribution in [0.3, 0.4) is 0 Å². The number of nitrogens with one attached hydrogen (secondary N) is 1. The normalized spacial score (nSPS) is 15.5. The number of carbonyl (C=O) groups is 3. The number of aryl methyl sites for hydroxylation is 1. The Hall–Kier alpha value is -3.13. The summed E-state index contributed by atoms with van der Waals surface area (Å²) in [6.07, 6.45) is 1.41. The van der Waals surface area contributed by atoms with Gasteiger partial charge in [-0.05, 0) is 71.2 Å². The summed E-state index contributed by atoms with van der Waals surface area (Å²) in [7, 11) is 1.50. The molecule has 0 atom stereocenters. The van der Waals surface area contributed by atoms with Crippen LogP contribution in [0.5, 0.6) is 11.5 Å². The summed E-state index contributed by atoms with van der Waals surface area (Å²) in [5.41, 5.74) is 1.64. The van der Waals surface area contributed by atoms with Gasteiger partial charge in [-0.1, -0.05) is 12.1 Å². The molecule has 0 radical (unpaired) electrons. The van der Waals surface area contributed by atoms with Crippen LogP contribution in [0.1, 0.15) is 18.1 Å². The first-order valence-corrected chi connectivity index (χ1v) is 9.63. The number of rotatable bonds is 5. The van der Waals surface area contributed by atoms with Gasteiger partial charge in [0.15, 0.2) is 11.5 Å². The van der Waals surface area contributed by atoms with E-state index in [2.05, 4.69) is 21.2 Å². The molecule has 1 fully saturated rings. The highest BCUT2D eigenvalue weighted by molar-refractivity contribution is 9.10. The highest BCUT2D eigenvalue weighted by Crippen LogP contribution is 2.37. The van der Waals surface area contributed by atoms with E-state index in [4.69, 9.17) is 9.47 Å². The van der Waals surface area contributed by atoms with E-state index in [9.17, 15) is 14.4 Å². The van der Waals surface area contributed by atoms with Crippen molar-refractivity contribution >= 4 is 45.5 Å². The van der Waals surface area contributed by atoms with Gasteiger partial charge in [0.25, 0.3) is 11.8 Å². The maximum atomic E-state index is 13.0. The van der Waals surface area contributed by atoms with Crippen molar-refractivity contribution in [3.63, 3.8) is 0 Å². The zero-order valence-electron chi connectivity index (χ0n) is 16.1. The van der Waals surface area contributed by atoms with Crippen molar-refractivity contribution in [1.82, 2.24) is 5.32 Å². The van der Waals surface area contributed by atoms with Crippen LogP contribution in [0.15, 0.2) is 46.4 Å². The number of halogens is 1. The third-order valence-electron chi connectivity index (χ3n) is 4.21. The smallest absolute Gasteiger partial charge is 0.335 e. The number of barbiturate groups is 1. The van der Waals surface area contributed by atoms with Crippen molar-refractivity contribution < 1.29 is 23.9 Å². The molecule has 1 aliphatic heterocycles. The number of methoxy groups -OCH3 is 1. The van der Waals surface area contributed by atoms with E-state index in [1.807, 2.05) is 19.9 Å². The highest BCUT2D eigenvalue weighted by Gasteiger charge is 2.36. The Bertz CT molecular complexity index is 1030. The van der Waals surface area contributed by atoms with Crippen LogP contribution in [0, 0.1) is 6.92 Å². The number of imide groups is 2. The Morgan fingerprint density at radius 1 is 1.17 bits per heavy atom. The lowest BCUT2D eigenvalue weighted by Gasteiger charge is -2.26. The van der Waals surface area contributed by atoms with E-state index in [0.29, 0.717) is 33.8 Å². The first-order chi connectivity index (χ1) is 13.8. The SMILES string of the molecule is CCOc1c(Br)cc(C=C2C(=O)NC(=O)N(c3cccc(C)c3)C2=O)cc1OC. The average Bonchev–Trinajstić information content (AvgIpc) is 2.67. The number of nitrogens with zero attached hydrogens (tertiary/aromatic N) is 1. The lowest BCUT2D eigenvalue weighted by atomic mass is 10.1. The Balaban J connectivity index is 2.04. The topological polar surface area (TPSA) is 84.9 Å². The van der Waals surface area contributed by atoms with Gasteiger partial charge in [0.1, 0.15) is 5.57 Å². The van der Waals surface area contributed by atoms with E-state index in [0.717, 1.165) is 10.5 Å². The number of benzene rings is 2. The Labute approximate surface area is 176 Å². The molecule has 0 aliphatic carbocycles. The summed E-state index contributed by atoms with van der Waals surface area (Å²) in [5, 5.41) is 2.21. The predicted molar refractivity (Wildman–Crippen MR) is 112 cm³/mol. The van der Waals surface area contributed by atoms with Gasteiger partial charge in [-0.25, -0.2) is 9.69 Å². The molecule has 8 heteroatoms. The molecule has 1 aliphatic rings. The molecule has 1 heterocycles. The zero-order chi connectivity index (χ0) is 21.1. The molecule has 0 aromatic heterocycles. The van der Waals surface area contributed by atoms with Crippen molar-refractivity contribution in [2.24, 2.45) is 0 Å². The minimum atomic E-state index is -0.784. The number of hydrogen-bond donors (Lipinski definition) is 1. The van der Waals surface area contributed by atoms with Crippen LogP contribution in [-0.4, -0.2) is 31.6 Å². The third kappa shape index (κ3) is 4.17. The second-order valence-corrected chi connectivity index (χ2v) is 7.12. The minimum Gasteiger partial charge on any atom is -0.493 e. The van der Waals surface area contributed by atoms with Crippen LogP contribution in [-0.2, 0) is 9.59 Å². The van der Waals surface area contributed by atoms with E-state index in [1.165, 1.54) is 13.2 Å². The quantitative estimate of drug-likeness (QED) is 0.543. The Kier molecular flexibility index (Phi) is 6.03. The van der Waals surface area contributed by atoms with Crippen LogP contribution >= 0.6 is 15.9 Å². The first kappa shape index (κ1) is 20.6. The van der Waals surface area contributed by atoms with Gasteiger partial charge in [0, 0.05) is 0 Å². The lowest BCUT2D eigenvalue weighted by molar-refractivity contribution is -0.122. The molecule has 0 bridgehead atoms. The molecule has 2 aromatic carbocycles. The van der Waals surface area contributed by atoms with Gasteiger partial charge in [0.05, 0.1) is 23.9 Å². The van der Waals surface area contributed by atoms with E-state index in [1.54, 1.807) is 30.3 Å². The fourth-order valence-corrected chi connectivity index (χ4v) is 3.51. The van der Waals surface area contributed by atoms with Crippen molar-refractivity contribution in [3.8, 4) is 11.5 Å². The number of hydrogen-bond acceptors (Lipinski definition) is 5. The molecule has 1 saturated heterocycles. The van der Waals surface area contributed by atoms with Crippen molar-refractivity contribution in [3.05, 3.63) is 57.6 Å². The van der Waals surface area contributed by atoms with Crippen molar-refractivity contribution in [1.29, 1.82) is 0 Å². The molecule has 0 unspecified atom stereocenters. The monoisotopic (exact) mass is 458 g/mol. The van der Waals surface area contributed by atoms with Crippen LogP contribution in [0.4, 0.5) is 10.5 Å². The van der Waals surface area contributed by atoms with Crippen LogP contribution < -0.4 is 19.7 Å². The van der Waals surface area contributed by atoms with Crippen molar-refractivity contribution in [2.75, 3.05) is 18.6 Å². The third-order valence-corrected chi connectivity index (χ3v) is 4.80. The number of ether oxygens (including phenoxy) is 2. The number of carbonyl (C=O) groups excluding carboxylic acids is 3. The molecule has 1 N–H and O–H groups in total. The largest absolute Gasteiger partial charge is 0.493 e. The summed E-state index contributed by atoms with van der Waals surface area (Å²) >= 11 is 3.42. The summed E-state index contributed by atoms with van der Waals surface area (Å²) < 4.78 is 11.5.